The lowest BCUT2D eigenvalue weighted by atomic mass is 10.4. The first-order valence-corrected chi connectivity index (χ1v) is 11.1. The molecule has 2 N–H and O–H groups in total. The lowest BCUT2D eigenvalue weighted by molar-refractivity contribution is 0.495. The first-order valence-electron chi connectivity index (χ1n) is 6.24. The molecule has 0 amide bonds. The van der Waals surface area contributed by atoms with Gasteiger partial charge in [-0.1, -0.05) is 36.4 Å². The van der Waals surface area contributed by atoms with E-state index in [0.29, 0.717) is 10.6 Å². The van der Waals surface area contributed by atoms with E-state index in [1.165, 1.54) is 0 Å². The van der Waals surface area contributed by atoms with E-state index in [2.05, 4.69) is 0 Å². The van der Waals surface area contributed by atoms with Gasteiger partial charge in [0.2, 0.25) is 14.7 Å². The van der Waals surface area contributed by atoms with Crippen LogP contribution in [-0.2, 0) is 9.13 Å². The van der Waals surface area contributed by atoms with Crippen LogP contribution in [0, 0.1) is 0 Å². The monoisotopic (exact) mass is 342 g/mol. The zero-order chi connectivity index (χ0) is 15.3. The van der Waals surface area contributed by atoms with Crippen LogP contribution < -0.4 is 10.6 Å². The molecule has 4 nitrogen and oxygen atoms in total. The minimum absolute atomic E-state index is 0.0750. The van der Waals surface area contributed by atoms with Crippen LogP contribution in [-0.4, -0.2) is 20.8 Å². The molecular weight excluding hydrogens is 326 g/mol. The number of rotatable bonds is 6. The number of thioether (sulfide) groups is 1. The van der Waals surface area contributed by atoms with Crippen molar-refractivity contribution in [2.45, 2.75) is 0 Å². The molecule has 2 aromatic rings. The summed E-state index contributed by atoms with van der Waals surface area (Å²) in [5.41, 5.74) is -0.150. The van der Waals surface area contributed by atoms with E-state index in [-0.39, 0.29) is 11.0 Å². The van der Waals surface area contributed by atoms with Crippen molar-refractivity contribution in [2.75, 3.05) is 11.0 Å². The molecule has 0 fully saturated rings. The summed E-state index contributed by atoms with van der Waals surface area (Å²) >= 11 is 1.03. The molecule has 0 saturated heterocycles. The summed E-state index contributed by atoms with van der Waals surface area (Å²) in [5, 5.41) is 0.731. The lowest BCUT2D eigenvalue weighted by Gasteiger charge is -2.14. The Kier molecular flexibility index (Phi) is 5.48. The Morgan fingerprint density at radius 3 is 1.38 bits per heavy atom. The predicted octanol–water partition coefficient (Wildman–Crippen LogP) is 2.83. The Labute approximate surface area is 128 Å². The minimum Gasteiger partial charge on any atom is -0.341 e. The van der Waals surface area contributed by atoms with Gasteiger partial charge in [-0.25, -0.2) is 0 Å². The normalized spacial score (nSPS) is 16.9. The molecule has 2 unspecified atom stereocenters. The third kappa shape index (κ3) is 4.57. The summed E-state index contributed by atoms with van der Waals surface area (Å²) in [6, 6.07) is 16.7. The van der Waals surface area contributed by atoms with E-state index in [0.717, 1.165) is 11.8 Å². The zero-order valence-electron chi connectivity index (χ0n) is 11.2. The van der Waals surface area contributed by atoms with E-state index in [4.69, 9.17) is 0 Å². The molecule has 0 aliphatic heterocycles. The first-order chi connectivity index (χ1) is 9.92. The summed E-state index contributed by atoms with van der Waals surface area (Å²) in [6.07, 6.45) is 0. The Hall–Kier alpha value is -0.830. The van der Waals surface area contributed by atoms with Gasteiger partial charge in [-0.3, -0.25) is 9.13 Å². The van der Waals surface area contributed by atoms with Crippen LogP contribution >= 0.6 is 26.5 Å². The van der Waals surface area contributed by atoms with Crippen molar-refractivity contribution in [2.24, 2.45) is 0 Å². The molecule has 2 atom stereocenters. The predicted molar refractivity (Wildman–Crippen MR) is 89.1 cm³/mol. The smallest absolute Gasteiger partial charge is 0.239 e. The van der Waals surface area contributed by atoms with Gasteiger partial charge in [-0.15, -0.1) is 11.8 Å². The van der Waals surface area contributed by atoms with Crippen molar-refractivity contribution in [1.82, 2.24) is 0 Å². The number of benzene rings is 2. The highest BCUT2D eigenvalue weighted by Crippen LogP contribution is 2.49. The van der Waals surface area contributed by atoms with Crippen molar-refractivity contribution < 1.29 is 18.9 Å². The summed E-state index contributed by atoms with van der Waals surface area (Å²) in [6.45, 7) is 0. The van der Waals surface area contributed by atoms with E-state index in [1.807, 2.05) is 0 Å². The molecule has 0 radical (unpaired) electrons. The number of hydrogen-bond donors (Lipinski definition) is 2. The highest BCUT2D eigenvalue weighted by atomic mass is 32.2. The highest BCUT2D eigenvalue weighted by molar-refractivity contribution is 8.10. The standard InChI is InChI=1S/C14H16O4P2S/c15-19(16,13-7-3-1-4-8-13)11-21-12-20(17,18)14-9-5-2-6-10-14/h1-10H,11-12H2,(H,15,16)(H,17,18). The lowest BCUT2D eigenvalue weighted by Crippen LogP contribution is -2.08. The van der Waals surface area contributed by atoms with E-state index in [9.17, 15) is 18.9 Å². The molecule has 2 aromatic carbocycles. The first kappa shape index (κ1) is 16.5. The van der Waals surface area contributed by atoms with Crippen LogP contribution in [0.1, 0.15) is 0 Å². The summed E-state index contributed by atoms with van der Waals surface area (Å²) in [4.78, 5) is 20.0. The van der Waals surface area contributed by atoms with Crippen LogP contribution in [0.3, 0.4) is 0 Å². The van der Waals surface area contributed by atoms with Gasteiger partial charge in [-0.2, -0.15) is 0 Å². The SMILES string of the molecule is O=P(O)(CSCP(=O)(O)c1ccccc1)c1ccccc1. The van der Waals surface area contributed by atoms with Crippen LogP contribution in [0.2, 0.25) is 0 Å². The van der Waals surface area contributed by atoms with Gasteiger partial charge in [0.05, 0.1) is 11.0 Å². The fourth-order valence-electron chi connectivity index (χ4n) is 1.76. The van der Waals surface area contributed by atoms with Gasteiger partial charge in [0.25, 0.3) is 0 Å². The van der Waals surface area contributed by atoms with Gasteiger partial charge in [-0.05, 0) is 24.3 Å². The molecule has 2 rings (SSSR count). The van der Waals surface area contributed by atoms with Gasteiger partial charge in [0.1, 0.15) is 0 Å². The summed E-state index contributed by atoms with van der Waals surface area (Å²) in [7, 11) is -6.98. The second-order valence-electron chi connectivity index (χ2n) is 4.54. The Morgan fingerprint density at radius 2 is 1.05 bits per heavy atom. The molecule has 0 heterocycles. The van der Waals surface area contributed by atoms with Gasteiger partial charge < -0.3 is 9.79 Å². The Bertz CT molecular complexity index is 616. The van der Waals surface area contributed by atoms with Crippen LogP contribution in [0.15, 0.2) is 60.7 Å². The molecule has 0 saturated carbocycles. The molecule has 7 heteroatoms. The quantitative estimate of drug-likeness (QED) is 0.790. The average Bonchev–Trinajstić information content (AvgIpc) is 2.49. The third-order valence-electron chi connectivity index (χ3n) is 2.85. The molecular formula is C14H16O4P2S. The maximum atomic E-state index is 12.2. The fraction of sp³-hybridized carbons (Fsp3) is 0.143. The molecule has 21 heavy (non-hydrogen) atoms. The molecule has 112 valence electrons. The maximum absolute atomic E-state index is 12.2. The molecule has 0 aliphatic rings. The van der Waals surface area contributed by atoms with Crippen molar-refractivity contribution in [3.63, 3.8) is 0 Å². The van der Waals surface area contributed by atoms with Crippen LogP contribution in [0.5, 0.6) is 0 Å². The van der Waals surface area contributed by atoms with Crippen LogP contribution in [0.25, 0.3) is 0 Å². The van der Waals surface area contributed by atoms with Crippen molar-refractivity contribution in [3.05, 3.63) is 60.7 Å². The molecule has 0 bridgehead atoms. The van der Waals surface area contributed by atoms with Gasteiger partial charge >= 0.3 is 0 Å². The Morgan fingerprint density at radius 1 is 0.714 bits per heavy atom. The minimum atomic E-state index is -3.49. The maximum Gasteiger partial charge on any atom is 0.239 e. The van der Waals surface area contributed by atoms with Gasteiger partial charge in [0, 0.05) is 10.6 Å². The van der Waals surface area contributed by atoms with E-state index in [1.54, 1.807) is 60.7 Å². The van der Waals surface area contributed by atoms with E-state index < -0.39 is 14.7 Å². The Balaban J connectivity index is 1.98. The summed E-state index contributed by atoms with van der Waals surface area (Å²) < 4.78 is 24.4. The second kappa shape index (κ2) is 6.95. The second-order valence-corrected chi connectivity index (χ2v) is 10.8. The fourth-order valence-corrected chi connectivity index (χ4v) is 7.27. The van der Waals surface area contributed by atoms with Gasteiger partial charge in [0.15, 0.2) is 0 Å². The topological polar surface area (TPSA) is 74.6 Å². The number of hydrogen-bond acceptors (Lipinski definition) is 3. The zero-order valence-corrected chi connectivity index (χ0v) is 13.8. The van der Waals surface area contributed by atoms with Crippen molar-refractivity contribution in [3.8, 4) is 0 Å². The average molecular weight is 342 g/mol. The summed E-state index contributed by atoms with van der Waals surface area (Å²) in [5.74, 6) is 0. The molecule has 0 spiro atoms. The van der Waals surface area contributed by atoms with E-state index >= 15 is 0 Å². The molecule has 0 aliphatic carbocycles. The third-order valence-corrected chi connectivity index (χ3v) is 9.32. The van der Waals surface area contributed by atoms with Crippen LogP contribution in [0.4, 0.5) is 0 Å². The van der Waals surface area contributed by atoms with Crippen molar-refractivity contribution in [1.29, 1.82) is 0 Å². The molecule has 0 aromatic heterocycles. The van der Waals surface area contributed by atoms with Crippen molar-refractivity contribution >= 4 is 37.1 Å². The highest BCUT2D eigenvalue weighted by Gasteiger charge is 2.25. The largest absolute Gasteiger partial charge is 0.341 e.